The van der Waals surface area contributed by atoms with Gasteiger partial charge >= 0.3 is 0 Å². The molecule has 6 heteroatoms. The van der Waals surface area contributed by atoms with E-state index in [1.807, 2.05) is 6.07 Å². The average Bonchev–Trinajstić information content (AvgIpc) is 2.59. The normalized spacial score (nSPS) is 11.6. The molecule has 138 valence electrons. The van der Waals surface area contributed by atoms with Gasteiger partial charge in [-0.05, 0) is 37.8 Å². The van der Waals surface area contributed by atoms with Gasteiger partial charge in [0.05, 0.1) is 26.1 Å². The fourth-order valence-corrected chi connectivity index (χ4v) is 3.78. The summed E-state index contributed by atoms with van der Waals surface area (Å²) >= 11 is 3.66. The topological polar surface area (TPSA) is 51.0 Å². The predicted octanol–water partition coefficient (Wildman–Crippen LogP) is 3.60. The highest BCUT2D eigenvalue weighted by Crippen LogP contribution is 2.41. The first-order valence-electron chi connectivity index (χ1n) is 8.65. The summed E-state index contributed by atoms with van der Waals surface area (Å²) in [5, 5.41) is 0. The molecular weight excluding hydrogens is 370 g/mol. The van der Waals surface area contributed by atoms with Gasteiger partial charge in [0.1, 0.15) is 0 Å². The predicted molar refractivity (Wildman–Crippen MR) is 105 cm³/mol. The Balaban J connectivity index is 3.31. The SMILES string of the molecule is CCN(CC)C(Cc1c(Br)cc(OC)c(OC)c1N)N(CC)CC. The Kier molecular flexibility index (Phi) is 8.87. The maximum Gasteiger partial charge on any atom is 0.184 e. The summed E-state index contributed by atoms with van der Waals surface area (Å²) in [7, 11) is 3.25. The molecule has 0 unspecified atom stereocenters. The first kappa shape index (κ1) is 21.1. The highest BCUT2D eigenvalue weighted by molar-refractivity contribution is 9.10. The molecular formula is C18H32BrN3O2. The molecule has 0 atom stereocenters. The van der Waals surface area contributed by atoms with Gasteiger partial charge in [0, 0.05) is 10.9 Å². The molecule has 0 aromatic heterocycles. The van der Waals surface area contributed by atoms with Gasteiger partial charge in [-0.2, -0.15) is 0 Å². The number of nitrogens with two attached hydrogens (primary N) is 1. The zero-order valence-electron chi connectivity index (χ0n) is 15.9. The van der Waals surface area contributed by atoms with Crippen molar-refractivity contribution < 1.29 is 9.47 Å². The third-order valence-electron chi connectivity index (χ3n) is 4.62. The third-order valence-corrected chi connectivity index (χ3v) is 5.33. The quantitative estimate of drug-likeness (QED) is 0.479. The Bertz CT molecular complexity index is 505. The highest BCUT2D eigenvalue weighted by Gasteiger charge is 2.25. The summed E-state index contributed by atoms with van der Waals surface area (Å²) < 4.78 is 11.8. The number of nitrogen functional groups attached to an aromatic ring is 1. The fourth-order valence-electron chi connectivity index (χ4n) is 3.20. The van der Waals surface area contributed by atoms with E-state index in [0.717, 1.165) is 42.6 Å². The summed E-state index contributed by atoms with van der Waals surface area (Å²) in [5.74, 6) is 1.25. The molecule has 0 aliphatic carbocycles. The number of benzene rings is 1. The molecule has 0 aliphatic rings. The lowest BCUT2D eigenvalue weighted by molar-refractivity contribution is 0.0569. The second-order valence-electron chi connectivity index (χ2n) is 5.61. The van der Waals surface area contributed by atoms with Crippen molar-refractivity contribution in [2.75, 3.05) is 46.1 Å². The molecule has 0 saturated heterocycles. The summed E-state index contributed by atoms with van der Waals surface area (Å²) in [4.78, 5) is 4.94. The maximum atomic E-state index is 6.41. The van der Waals surface area contributed by atoms with E-state index < -0.39 is 0 Å². The molecule has 5 nitrogen and oxygen atoms in total. The number of likely N-dealkylation sites (N-methyl/N-ethyl adjacent to an activating group) is 2. The van der Waals surface area contributed by atoms with Crippen LogP contribution in [0.2, 0.25) is 0 Å². The number of nitrogens with zero attached hydrogens (tertiary/aromatic N) is 2. The number of hydrogen-bond donors (Lipinski definition) is 1. The van der Waals surface area contributed by atoms with Crippen LogP contribution < -0.4 is 15.2 Å². The number of halogens is 1. The van der Waals surface area contributed by atoms with Crippen molar-refractivity contribution in [3.05, 3.63) is 16.1 Å². The number of anilines is 1. The van der Waals surface area contributed by atoms with E-state index in [1.165, 1.54) is 0 Å². The maximum absolute atomic E-state index is 6.41. The van der Waals surface area contributed by atoms with Crippen LogP contribution >= 0.6 is 15.9 Å². The lowest BCUT2D eigenvalue weighted by atomic mass is 10.0. The van der Waals surface area contributed by atoms with Crippen molar-refractivity contribution >= 4 is 21.6 Å². The van der Waals surface area contributed by atoms with Crippen molar-refractivity contribution in [2.24, 2.45) is 0 Å². The van der Waals surface area contributed by atoms with E-state index >= 15 is 0 Å². The van der Waals surface area contributed by atoms with Crippen LogP contribution in [-0.2, 0) is 6.42 Å². The molecule has 1 aromatic rings. The first-order valence-corrected chi connectivity index (χ1v) is 9.44. The molecule has 24 heavy (non-hydrogen) atoms. The van der Waals surface area contributed by atoms with Crippen LogP contribution in [0, 0.1) is 0 Å². The van der Waals surface area contributed by atoms with Crippen molar-refractivity contribution in [3.8, 4) is 11.5 Å². The average molecular weight is 402 g/mol. The molecule has 2 N–H and O–H groups in total. The molecule has 0 radical (unpaired) electrons. The van der Waals surface area contributed by atoms with Gasteiger partial charge in [0.25, 0.3) is 0 Å². The second kappa shape index (κ2) is 10.1. The summed E-state index contributed by atoms with van der Waals surface area (Å²) in [5.41, 5.74) is 8.13. The van der Waals surface area contributed by atoms with E-state index in [-0.39, 0.29) is 0 Å². The van der Waals surface area contributed by atoms with E-state index in [1.54, 1.807) is 14.2 Å². The Morgan fingerprint density at radius 1 is 1.00 bits per heavy atom. The Hall–Kier alpha value is -0.980. The standard InChI is InChI=1S/C18H32BrN3O2/c1-7-21(8-2)16(22(9-3)10-4)11-13-14(19)12-15(23-5)18(24-6)17(13)20/h12,16H,7-11,20H2,1-6H3. The molecule has 0 saturated carbocycles. The van der Waals surface area contributed by atoms with Gasteiger partial charge in [0.15, 0.2) is 11.5 Å². The largest absolute Gasteiger partial charge is 0.493 e. The Labute approximate surface area is 155 Å². The van der Waals surface area contributed by atoms with Crippen molar-refractivity contribution in [2.45, 2.75) is 40.3 Å². The van der Waals surface area contributed by atoms with Crippen molar-refractivity contribution in [1.82, 2.24) is 9.80 Å². The molecule has 0 fully saturated rings. The molecule has 0 aliphatic heterocycles. The van der Waals surface area contributed by atoms with Crippen LogP contribution in [0.5, 0.6) is 11.5 Å². The smallest absolute Gasteiger partial charge is 0.184 e. The highest BCUT2D eigenvalue weighted by atomic mass is 79.9. The van der Waals surface area contributed by atoms with Crippen LogP contribution in [-0.4, -0.2) is 56.4 Å². The third kappa shape index (κ3) is 4.55. The van der Waals surface area contributed by atoms with Gasteiger partial charge < -0.3 is 15.2 Å². The monoisotopic (exact) mass is 401 g/mol. The van der Waals surface area contributed by atoms with Crippen molar-refractivity contribution in [1.29, 1.82) is 0 Å². The fraction of sp³-hybridized carbons (Fsp3) is 0.667. The van der Waals surface area contributed by atoms with Gasteiger partial charge in [-0.3, -0.25) is 9.80 Å². The van der Waals surface area contributed by atoms with Gasteiger partial charge in [-0.25, -0.2) is 0 Å². The number of methoxy groups -OCH3 is 2. The van der Waals surface area contributed by atoms with Crippen LogP contribution in [0.4, 0.5) is 5.69 Å². The van der Waals surface area contributed by atoms with E-state index in [4.69, 9.17) is 15.2 Å². The first-order chi connectivity index (χ1) is 11.5. The van der Waals surface area contributed by atoms with Crippen molar-refractivity contribution in [3.63, 3.8) is 0 Å². The number of ether oxygens (including phenoxy) is 2. The van der Waals surface area contributed by atoms with E-state index in [2.05, 4.69) is 53.4 Å². The molecule has 0 bridgehead atoms. The second-order valence-corrected chi connectivity index (χ2v) is 6.47. The van der Waals surface area contributed by atoms with Crippen LogP contribution in [0.25, 0.3) is 0 Å². The summed E-state index contributed by atoms with van der Waals surface area (Å²) in [6.07, 6.45) is 1.13. The van der Waals surface area contributed by atoms with Crippen LogP contribution in [0.3, 0.4) is 0 Å². The summed E-state index contributed by atoms with van der Waals surface area (Å²) in [6, 6.07) is 1.94. The molecule has 0 heterocycles. The summed E-state index contributed by atoms with van der Waals surface area (Å²) in [6.45, 7) is 12.8. The van der Waals surface area contributed by atoms with Crippen LogP contribution in [0.15, 0.2) is 10.5 Å². The Morgan fingerprint density at radius 3 is 1.88 bits per heavy atom. The van der Waals surface area contributed by atoms with Gasteiger partial charge in [0.2, 0.25) is 0 Å². The zero-order valence-corrected chi connectivity index (χ0v) is 17.4. The minimum atomic E-state index is 0.298. The van der Waals surface area contributed by atoms with Gasteiger partial charge in [-0.15, -0.1) is 0 Å². The number of hydrogen-bond acceptors (Lipinski definition) is 5. The minimum Gasteiger partial charge on any atom is -0.493 e. The zero-order chi connectivity index (χ0) is 18.3. The van der Waals surface area contributed by atoms with E-state index in [0.29, 0.717) is 23.4 Å². The van der Waals surface area contributed by atoms with E-state index in [9.17, 15) is 0 Å². The lowest BCUT2D eigenvalue weighted by Gasteiger charge is -2.38. The number of rotatable bonds is 10. The molecule has 1 rings (SSSR count). The van der Waals surface area contributed by atoms with Crippen LogP contribution in [0.1, 0.15) is 33.3 Å². The Morgan fingerprint density at radius 2 is 1.50 bits per heavy atom. The minimum absolute atomic E-state index is 0.298. The lowest BCUT2D eigenvalue weighted by Crippen LogP contribution is -2.49. The van der Waals surface area contributed by atoms with Gasteiger partial charge in [-0.1, -0.05) is 43.6 Å². The molecule has 0 spiro atoms. The molecule has 1 aromatic carbocycles. The molecule has 0 amide bonds.